The highest BCUT2D eigenvalue weighted by molar-refractivity contribution is 5.94. The van der Waals surface area contributed by atoms with E-state index in [0.29, 0.717) is 23.6 Å². The number of aliphatic hydroxyl groups excluding tert-OH is 1. The molecule has 1 saturated heterocycles. The standard InChI is InChI=1S/C23H29NO5/c1-16(25)17-9-10-22(23(13-17)28-3)29-15-19(26)14-24-11-5-8-21(24)18-6-4-7-20(12-18)27-2/h4,6-7,9-10,12-13,19,21,26H,5,8,11,14-15H2,1-3H3. The van der Waals surface area contributed by atoms with E-state index in [1.54, 1.807) is 25.3 Å². The Hall–Kier alpha value is -2.57. The molecule has 6 nitrogen and oxygen atoms in total. The molecule has 1 fully saturated rings. The van der Waals surface area contributed by atoms with E-state index in [1.165, 1.54) is 19.6 Å². The normalized spacial score (nSPS) is 17.7. The topological polar surface area (TPSA) is 68.2 Å². The monoisotopic (exact) mass is 399 g/mol. The molecule has 1 N–H and O–H groups in total. The first-order valence-corrected chi connectivity index (χ1v) is 9.89. The number of hydrogen-bond acceptors (Lipinski definition) is 6. The van der Waals surface area contributed by atoms with Crippen LogP contribution < -0.4 is 14.2 Å². The third-order valence-corrected chi connectivity index (χ3v) is 5.29. The smallest absolute Gasteiger partial charge is 0.161 e. The molecule has 1 aliphatic rings. The Bertz CT molecular complexity index is 838. The van der Waals surface area contributed by atoms with Crippen molar-refractivity contribution in [2.24, 2.45) is 0 Å². The number of hydrogen-bond donors (Lipinski definition) is 1. The Labute approximate surface area is 172 Å². The number of Topliss-reactive ketones (excluding diaryl/α,β-unsaturated/α-hetero) is 1. The Balaban J connectivity index is 1.60. The number of ether oxygens (including phenoxy) is 3. The van der Waals surface area contributed by atoms with Crippen LogP contribution in [0.25, 0.3) is 0 Å². The molecule has 2 atom stereocenters. The van der Waals surface area contributed by atoms with Crippen molar-refractivity contribution in [2.75, 3.05) is 33.9 Å². The fourth-order valence-electron chi connectivity index (χ4n) is 3.79. The van der Waals surface area contributed by atoms with Gasteiger partial charge in [0.15, 0.2) is 17.3 Å². The quantitative estimate of drug-likeness (QED) is 0.651. The number of ketones is 1. The van der Waals surface area contributed by atoms with E-state index in [1.807, 2.05) is 12.1 Å². The molecule has 2 unspecified atom stereocenters. The summed E-state index contributed by atoms with van der Waals surface area (Å²) in [4.78, 5) is 13.8. The zero-order valence-corrected chi connectivity index (χ0v) is 17.3. The summed E-state index contributed by atoms with van der Waals surface area (Å²) >= 11 is 0. The fraction of sp³-hybridized carbons (Fsp3) is 0.435. The summed E-state index contributed by atoms with van der Waals surface area (Å²) in [5, 5.41) is 10.6. The van der Waals surface area contributed by atoms with Crippen LogP contribution in [0.5, 0.6) is 17.2 Å². The minimum Gasteiger partial charge on any atom is -0.497 e. The van der Waals surface area contributed by atoms with Crippen molar-refractivity contribution in [3.8, 4) is 17.2 Å². The lowest BCUT2D eigenvalue weighted by Gasteiger charge is -2.27. The minimum absolute atomic E-state index is 0.0347. The summed E-state index contributed by atoms with van der Waals surface area (Å²) in [5.41, 5.74) is 1.77. The fourth-order valence-corrected chi connectivity index (χ4v) is 3.79. The van der Waals surface area contributed by atoms with Crippen molar-refractivity contribution in [3.05, 3.63) is 53.6 Å². The molecule has 6 heteroatoms. The molecule has 156 valence electrons. The van der Waals surface area contributed by atoms with Crippen molar-refractivity contribution in [1.29, 1.82) is 0 Å². The van der Waals surface area contributed by atoms with Gasteiger partial charge >= 0.3 is 0 Å². The Morgan fingerprint density at radius 1 is 1.17 bits per heavy atom. The molecular weight excluding hydrogens is 370 g/mol. The molecule has 0 radical (unpaired) electrons. The van der Waals surface area contributed by atoms with Crippen LogP contribution in [0, 0.1) is 0 Å². The van der Waals surface area contributed by atoms with E-state index in [9.17, 15) is 9.90 Å². The molecular formula is C23H29NO5. The van der Waals surface area contributed by atoms with E-state index in [0.717, 1.165) is 25.1 Å². The molecule has 0 bridgehead atoms. The SMILES string of the molecule is COc1cccc(C2CCCN2CC(O)COc2ccc(C(C)=O)cc2OC)c1. The highest BCUT2D eigenvalue weighted by atomic mass is 16.5. The second-order valence-electron chi connectivity index (χ2n) is 7.32. The molecule has 29 heavy (non-hydrogen) atoms. The Kier molecular flexibility index (Phi) is 7.12. The largest absolute Gasteiger partial charge is 0.497 e. The molecule has 3 rings (SSSR count). The van der Waals surface area contributed by atoms with Gasteiger partial charge in [-0.15, -0.1) is 0 Å². The summed E-state index contributed by atoms with van der Waals surface area (Å²) in [5.74, 6) is 1.81. The van der Waals surface area contributed by atoms with Crippen LogP contribution in [0.3, 0.4) is 0 Å². The Morgan fingerprint density at radius 3 is 2.72 bits per heavy atom. The second-order valence-corrected chi connectivity index (χ2v) is 7.32. The number of likely N-dealkylation sites (tertiary alicyclic amines) is 1. The number of benzene rings is 2. The van der Waals surface area contributed by atoms with Gasteiger partial charge in [0.05, 0.1) is 14.2 Å². The molecule has 0 amide bonds. The number of carbonyl (C=O) groups is 1. The molecule has 0 aromatic heterocycles. The maximum absolute atomic E-state index is 11.5. The van der Waals surface area contributed by atoms with Gasteiger partial charge in [0.2, 0.25) is 0 Å². The van der Waals surface area contributed by atoms with Crippen LogP contribution in [0.15, 0.2) is 42.5 Å². The van der Waals surface area contributed by atoms with Gasteiger partial charge in [-0.2, -0.15) is 0 Å². The van der Waals surface area contributed by atoms with Gasteiger partial charge in [-0.05, 0) is 62.2 Å². The predicted molar refractivity (Wildman–Crippen MR) is 111 cm³/mol. The van der Waals surface area contributed by atoms with Gasteiger partial charge in [-0.25, -0.2) is 0 Å². The number of carbonyl (C=O) groups excluding carboxylic acids is 1. The van der Waals surface area contributed by atoms with Gasteiger partial charge in [0, 0.05) is 18.2 Å². The Morgan fingerprint density at radius 2 is 2.00 bits per heavy atom. The third kappa shape index (κ3) is 5.28. The van der Waals surface area contributed by atoms with E-state index in [2.05, 4.69) is 17.0 Å². The highest BCUT2D eigenvalue weighted by Gasteiger charge is 2.28. The predicted octanol–water partition coefficient (Wildman–Crippen LogP) is 3.48. The van der Waals surface area contributed by atoms with Gasteiger partial charge in [-0.1, -0.05) is 12.1 Å². The lowest BCUT2D eigenvalue weighted by molar-refractivity contribution is 0.0628. The van der Waals surface area contributed by atoms with Gasteiger partial charge in [-0.3, -0.25) is 9.69 Å². The lowest BCUT2D eigenvalue weighted by Crippen LogP contribution is -2.35. The maximum Gasteiger partial charge on any atom is 0.161 e. The number of β-amino-alcohol motifs (C(OH)–C–C–N with tert-alkyl or cyclic N) is 1. The second kappa shape index (κ2) is 9.76. The summed E-state index contributed by atoms with van der Waals surface area (Å²) in [6.45, 7) is 3.12. The molecule has 0 saturated carbocycles. The van der Waals surface area contributed by atoms with Crippen LogP contribution in [0.1, 0.15) is 41.7 Å². The van der Waals surface area contributed by atoms with Gasteiger partial charge < -0.3 is 19.3 Å². The number of methoxy groups -OCH3 is 2. The van der Waals surface area contributed by atoms with Crippen LogP contribution in [-0.2, 0) is 0 Å². The first-order valence-electron chi connectivity index (χ1n) is 9.89. The van der Waals surface area contributed by atoms with E-state index < -0.39 is 6.10 Å². The zero-order valence-electron chi connectivity index (χ0n) is 17.3. The van der Waals surface area contributed by atoms with E-state index in [-0.39, 0.29) is 18.4 Å². The average Bonchev–Trinajstić information content (AvgIpc) is 3.20. The van der Waals surface area contributed by atoms with Crippen LogP contribution in [0.2, 0.25) is 0 Å². The minimum atomic E-state index is -0.640. The number of aliphatic hydroxyl groups is 1. The third-order valence-electron chi connectivity index (χ3n) is 5.29. The molecule has 0 aliphatic carbocycles. The zero-order chi connectivity index (χ0) is 20.8. The van der Waals surface area contributed by atoms with Gasteiger partial charge in [0.25, 0.3) is 0 Å². The summed E-state index contributed by atoms with van der Waals surface area (Å²) in [7, 11) is 3.20. The number of nitrogens with zero attached hydrogens (tertiary/aromatic N) is 1. The molecule has 2 aromatic rings. The van der Waals surface area contributed by atoms with E-state index in [4.69, 9.17) is 14.2 Å². The lowest BCUT2D eigenvalue weighted by atomic mass is 10.0. The summed E-state index contributed by atoms with van der Waals surface area (Å²) < 4.78 is 16.4. The van der Waals surface area contributed by atoms with Crippen LogP contribution in [0.4, 0.5) is 0 Å². The maximum atomic E-state index is 11.5. The van der Waals surface area contributed by atoms with Crippen molar-refractivity contribution in [1.82, 2.24) is 4.90 Å². The molecule has 2 aromatic carbocycles. The first kappa shape index (κ1) is 21.1. The molecule has 1 heterocycles. The van der Waals surface area contributed by atoms with Crippen LogP contribution in [-0.4, -0.2) is 55.8 Å². The van der Waals surface area contributed by atoms with Crippen LogP contribution >= 0.6 is 0 Å². The first-order chi connectivity index (χ1) is 14.0. The number of rotatable bonds is 9. The van der Waals surface area contributed by atoms with E-state index >= 15 is 0 Å². The van der Waals surface area contributed by atoms with Crippen molar-refractivity contribution in [3.63, 3.8) is 0 Å². The van der Waals surface area contributed by atoms with Crippen molar-refractivity contribution < 1.29 is 24.1 Å². The molecule has 1 aliphatic heterocycles. The summed E-state index contributed by atoms with van der Waals surface area (Å²) in [6.07, 6.45) is 1.51. The average molecular weight is 399 g/mol. The van der Waals surface area contributed by atoms with Gasteiger partial charge in [0.1, 0.15) is 18.5 Å². The summed E-state index contributed by atoms with van der Waals surface area (Å²) in [6, 6.07) is 13.4. The highest BCUT2D eigenvalue weighted by Crippen LogP contribution is 2.33. The van der Waals surface area contributed by atoms with Crippen molar-refractivity contribution in [2.45, 2.75) is 31.9 Å². The molecule has 0 spiro atoms. The van der Waals surface area contributed by atoms with Crippen molar-refractivity contribution >= 4 is 5.78 Å².